The van der Waals surface area contributed by atoms with Crippen LogP contribution in [-0.4, -0.2) is 21.3 Å². The van der Waals surface area contributed by atoms with Gasteiger partial charge in [-0.3, -0.25) is 0 Å². The Morgan fingerprint density at radius 3 is 2.45 bits per heavy atom. The molecule has 2 aromatic carbocycles. The van der Waals surface area contributed by atoms with Crippen LogP contribution in [0.25, 0.3) is 0 Å². The zero-order valence-electron chi connectivity index (χ0n) is 12.1. The average molecular weight is 290 g/mol. The molecule has 0 heterocycles. The van der Waals surface area contributed by atoms with Gasteiger partial charge < -0.3 is 14.8 Å². The fourth-order valence-electron chi connectivity index (χ4n) is 2.00. The highest BCUT2D eigenvalue weighted by atomic mass is 32.2. The number of nitrogens with two attached hydrogens (primary N) is 1. The first-order valence-corrected chi connectivity index (χ1v) is 7.35. The second kappa shape index (κ2) is 7.22. The first kappa shape index (κ1) is 14.8. The molecule has 0 spiro atoms. The van der Waals surface area contributed by atoms with Crippen LogP contribution >= 0.6 is 11.8 Å². The topological polar surface area (TPSA) is 35.1 Å². The Morgan fingerprint density at radius 1 is 1.00 bits per heavy atom. The van der Waals surface area contributed by atoms with Gasteiger partial charge in [0.2, 0.25) is 0 Å². The molecule has 0 saturated carbocycles. The molecule has 0 saturated heterocycles. The van der Waals surface area contributed by atoms with Gasteiger partial charge in [-0.15, -0.1) is 0 Å². The molecule has 3 nitrogen and oxygen atoms in total. The van der Waals surface area contributed by atoms with Gasteiger partial charge in [0.25, 0.3) is 0 Å². The first-order chi connectivity index (χ1) is 9.78. The number of ether oxygens (including phenoxy) is 2. The van der Waals surface area contributed by atoms with E-state index in [1.54, 1.807) is 26.0 Å². The minimum Gasteiger partial charge on any atom is -0.493 e. The number of methoxy groups -OCH3 is 2. The summed E-state index contributed by atoms with van der Waals surface area (Å²) in [5.74, 6) is 1.52. The SMILES string of the molecule is C[NH2+]Cc1ccccc1Sc1ccc(OC)c(OC)c1. The van der Waals surface area contributed by atoms with E-state index in [9.17, 15) is 0 Å². The minimum absolute atomic E-state index is 0.757. The molecular formula is C16H20NO2S+. The fraction of sp³-hybridized carbons (Fsp3) is 0.250. The Hall–Kier alpha value is -1.65. The summed E-state index contributed by atoms with van der Waals surface area (Å²) in [6.07, 6.45) is 0. The number of quaternary nitrogens is 1. The Kier molecular flexibility index (Phi) is 5.32. The number of hydrogen-bond donors (Lipinski definition) is 1. The molecule has 0 bridgehead atoms. The van der Waals surface area contributed by atoms with Gasteiger partial charge >= 0.3 is 0 Å². The number of hydrogen-bond acceptors (Lipinski definition) is 3. The molecule has 0 aliphatic rings. The predicted octanol–water partition coefficient (Wildman–Crippen LogP) is 2.55. The molecule has 0 atom stereocenters. The van der Waals surface area contributed by atoms with Gasteiger partial charge in [0.1, 0.15) is 6.54 Å². The van der Waals surface area contributed by atoms with E-state index in [0.717, 1.165) is 22.9 Å². The molecule has 106 valence electrons. The highest BCUT2D eigenvalue weighted by Crippen LogP contribution is 2.36. The summed E-state index contributed by atoms with van der Waals surface area (Å²) < 4.78 is 10.6. The lowest BCUT2D eigenvalue weighted by Crippen LogP contribution is -2.77. The van der Waals surface area contributed by atoms with Crippen LogP contribution < -0.4 is 14.8 Å². The van der Waals surface area contributed by atoms with Crippen molar-refractivity contribution in [1.29, 1.82) is 0 Å². The van der Waals surface area contributed by atoms with Gasteiger partial charge in [-0.1, -0.05) is 30.0 Å². The summed E-state index contributed by atoms with van der Waals surface area (Å²) in [7, 11) is 5.39. The molecule has 0 amide bonds. The lowest BCUT2D eigenvalue weighted by Gasteiger charge is -2.11. The van der Waals surface area contributed by atoms with Crippen LogP contribution in [0.2, 0.25) is 0 Å². The Bertz CT molecular complexity index is 572. The predicted molar refractivity (Wildman–Crippen MR) is 81.7 cm³/mol. The summed E-state index contributed by atoms with van der Waals surface area (Å²) in [5.41, 5.74) is 1.34. The molecule has 20 heavy (non-hydrogen) atoms. The van der Waals surface area contributed by atoms with Crippen molar-refractivity contribution in [1.82, 2.24) is 0 Å². The van der Waals surface area contributed by atoms with E-state index in [0.29, 0.717) is 0 Å². The highest BCUT2D eigenvalue weighted by Gasteiger charge is 2.08. The van der Waals surface area contributed by atoms with Crippen LogP contribution in [0.1, 0.15) is 5.56 Å². The van der Waals surface area contributed by atoms with Crippen molar-refractivity contribution < 1.29 is 14.8 Å². The van der Waals surface area contributed by atoms with E-state index in [1.165, 1.54) is 10.5 Å². The molecule has 0 unspecified atom stereocenters. The van der Waals surface area contributed by atoms with E-state index in [1.807, 2.05) is 12.1 Å². The molecule has 0 aliphatic carbocycles. The Morgan fingerprint density at radius 2 is 1.75 bits per heavy atom. The van der Waals surface area contributed by atoms with Crippen molar-refractivity contribution in [2.45, 2.75) is 16.3 Å². The van der Waals surface area contributed by atoms with Gasteiger partial charge in [-0.25, -0.2) is 0 Å². The van der Waals surface area contributed by atoms with Crippen molar-refractivity contribution >= 4 is 11.8 Å². The van der Waals surface area contributed by atoms with Crippen molar-refractivity contribution in [2.75, 3.05) is 21.3 Å². The summed E-state index contributed by atoms with van der Waals surface area (Å²) in [4.78, 5) is 2.42. The third kappa shape index (κ3) is 3.46. The van der Waals surface area contributed by atoms with Gasteiger partial charge in [0.05, 0.1) is 21.3 Å². The smallest absolute Gasteiger partial charge is 0.161 e. The normalized spacial score (nSPS) is 10.3. The van der Waals surface area contributed by atoms with Crippen molar-refractivity contribution in [3.8, 4) is 11.5 Å². The summed E-state index contributed by atoms with van der Waals surface area (Å²) in [6, 6.07) is 14.5. The van der Waals surface area contributed by atoms with Crippen LogP contribution in [0.5, 0.6) is 11.5 Å². The zero-order valence-corrected chi connectivity index (χ0v) is 12.9. The van der Waals surface area contributed by atoms with E-state index >= 15 is 0 Å². The van der Waals surface area contributed by atoms with Crippen LogP contribution in [0.3, 0.4) is 0 Å². The lowest BCUT2D eigenvalue weighted by molar-refractivity contribution is -0.643. The van der Waals surface area contributed by atoms with Crippen molar-refractivity contribution in [2.24, 2.45) is 0 Å². The standard InChI is InChI=1S/C16H19NO2S/c1-17-11-12-6-4-5-7-16(12)20-13-8-9-14(18-2)15(10-13)19-3/h4-10,17H,11H2,1-3H3/p+1. The maximum absolute atomic E-state index is 5.35. The van der Waals surface area contributed by atoms with Crippen molar-refractivity contribution in [3.05, 3.63) is 48.0 Å². The van der Waals surface area contributed by atoms with Gasteiger partial charge in [0.15, 0.2) is 11.5 Å². The van der Waals surface area contributed by atoms with E-state index in [4.69, 9.17) is 9.47 Å². The third-order valence-electron chi connectivity index (χ3n) is 2.98. The molecular weight excluding hydrogens is 270 g/mol. The second-order valence-electron chi connectivity index (χ2n) is 4.34. The van der Waals surface area contributed by atoms with Crippen LogP contribution in [-0.2, 0) is 6.54 Å². The summed E-state index contributed by atoms with van der Waals surface area (Å²) >= 11 is 1.75. The zero-order chi connectivity index (χ0) is 14.4. The minimum atomic E-state index is 0.757. The molecule has 0 radical (unpaired) electrons. The van der Waals surface area contributed by atoms with Gasteiger partial charge in [-0.05, 0) is 24.3 Å². The van der Waals surface area contributed by atoms with Gasteiger partial charge in [-0.2, -0.15) is 0 Å². The Balaban J connectivity index is 2.26. The lowest BCUT2D eigenvalue weighted by atomic mass is 10.2. The van der Waals surface area contributed by atoms with Crippen LogP contribution in [0, 0.1) is 0 Å². The molecule has 2 rings (SSSR count). The monoisotopic (exact) mass is 290 g/mol. The molecule has 4 heteroatoms. The highest BCUT2D eigenvalue weighted by molar-refractivity contribution is 7.99. The second-order valence-corrected chi connectivity index (χ2v) is 5.45. The van der Waals surface area contributed by atoms with E-state index in [2.05, 4.69) is 42.7 Å². The van der Waals surface area contributed by atoms with Crippen LogP contribution in [0.15, 0.2) is 52.3 Å². The van der Waals surface area contributed by atoms with Gasteiger partial charge in [0, 0.05) is 15.4 Å². The van der Waals surface area contributed by atoms with Crippen molar-refractivity contribution in [3.63, 3.8) is 0 Å². The largest absolute Gasteiger partial charge is 0.493 e. The first-order valence-electron chi connectivity index (χ1n) is 6.54. The molecule has 0 aromatic heterocycles. The summed E-state index contributed by atoms with van der Waals surface area (Å²) in [6.45, 7) is 0.983. The quantitative estimate of drug-likeness (QED) is 0.888. The molecule has 2 aromatic rings. The average Bonchev–Trinajstić information content (AvgIpc) is 2.49. The molecule has 0 fully saturated rings. The number of rotatable bonds is 6. The maximum Gasteiger partial charge on any atom is 0.161 e. The maximum atomic E-state index is 5.35. The van der Waals surface area contributed by atoms with Crippen LogP contribution in [0.4, 0.5) is 0 Å². The third-order valence-corrected chi connectivity index (χ3v) is 4.09. The van der Waals surface area contributed by atoms with E-state index < -0.39 is 0 Å². The number of benzene rings is 2. The molecule has 0 aliphatic heterocycles. The molecule has 2 N–H and O–H groups in total. The summed E-state index contributed by atoms with van der Waals surface area (Å²) in [5, 5.41) is 2.17. The fourth-order valence-corrected chi connectivity index (χ4v) is 2.98. The Labute approximate surface area is 124 Å². The van der Waals surface area contributed by atoms with E-state index in [-0.39, 0.29) is 0 Å².